The van der Waals surface area contributed by atoms with E-state index >= 15 is 0 Å². The largest absolute Gasteiger partial charge is 0.479 e. The number of halogens is 1. The van der Waals surface area contributed by atoms with E-state index in [0.717, 1.165) is 11.1 Å². The molecule has 0 saturated heterocycles. The predicted octanol–water partition coefficient (Wildman–Crippen LogP) is 5.53. The van der Waals surface area contributed by atoms with Crippen molar-refractivity contribution in [1.29, 1.82) is 0 Å². The zero-order valence-electron chi connectivity index (χ0n) is 18.1. The van der Waals surface area contributed by atoms with Crippen molar-refractivity contribution in [3.8, 4) is 5.75 Å². The molecule has 0 saturated carbocycles. The molecule has 3 aromatic carbocycles. The minimum Gasteiger partial charge on any atom is -0.479 e. The highest BCUT2D eigenvalue weighted by Gasteiger charge is 2.32. The van der Waals surface area contributed by atoms with Gasteiger partial charge in [-0.15, -0.1) is 0 Å². The first kappa shape index (κ1) is 21.9. The van der Waals surface area contributed by atoms with E-state index in [1.165, 1.54) is 5.56 Å². The van der Waals surface area contributed by atoms with Gasteiger partial charge in [-0.25, -0.2) is 0 Å². The normalized spacial score (nSPS) is 15.2. The van der Waals surface area contributed by atoms with Crippen LogP contribution in [0.1, 0.15) is 30.0 Å². The van der Waals surface area contributed by atoms with Crippen molar-refractivity contribution in [2.75, 3.05) is 10.2 Å². The Morgan fingerprint density at radius 2 is 1.84 bits per heavy atom. The fourth-order valence-corrected chi connectivity index (χ4v) is 3.88. The first-order valence-corrected chi connectivity index (χ1v) is 11.0. The van der Waals surface area contributed by atoms with Gasteiger partial charge in [-0.3, -0.25) is 9.59 Å². The molecule has 0 bridgehead atoms. The summed E-state index contributed by atoms with van der Waals surface area (Å²) in [6, 6.07) is 21.0. The van der Waals surface area contributed by atoms with Crippen LogP contribution < -0.4 is 15.0 Å². The maximum absolute atomic E-state index is 12.9. The Morgan fingerprint density at radius 1 is 1.09 bits per heavy atom. The van der Waals surface area contributed by atoms with Crippen molar-refractivity contribution in [3.05, 3.63) is 88.4 Å². The molecule has 1 aliphatic rings. The van der Waals surface area contributed by atoms with Crippen molar-refractivity contribution < 1.29 is 14.3 Å². The van der Waals surface area contributed by atoms with E-state index in [-0.39, 0.29) is 11.8 Å². The molecule has 3 aromatic rings. The van der Waals surface area contributed by atoms with Gasteiger partial charge in [-0.1, -0.05) is 59.6 Å². The number of hydrogen-bond acceptors (Lipinski definition) is 3. The number of anilines is 2. The second kappa shape index (κ2) is 9.45. The molecule has 1 heterocycles. The second-order valence-corrected chi connectivity index (χ2v) is 8.40. The average molecular weight is 449 g/mol. The minimum atomic E-state index is -0.597. The lowest BCUT2D eigenvalue weighted by atomic mass is 10.1. The number of benzene rings is 3. The lowest BCUT2D eigenvalue weighted by Crippen LogP contribution is -2.44. The Bertz CT molecular complexity index is 1140. The summed E-state index contributed by atoms with van der Waals surface area (Å²) in [6.45, 7) is 4.09. The van der Waals surface area contributed by atoms with Crippen LogP contribution in [0, 0.1) is 6.92 Å². The quantitative estimate of drug-likeness (QED) is 0.539. The topological polar surface area (TPSA) is 58.6 Å². The van der Waals surface area contributed by atoms with Crippen LogP contribution in [0.5, 0.6) is 5.75 Å². The van der Waals surface area contributed by atoms with E-state index in [9.17, 15) is 9.59 Å². The zero-order chi connectivity index (χ0) is 22.7. The average Bonchev–Trinajstić information content (AvgIpc) is 2.78. The van der Waals surface area contributed by atoms with Crippen LogP contribution in [-0.4, -0.2) is 17.9 Å². The summed E-state index contributed by atoms with van der Waals surface area (Å²) in [7, 11) is 0. The van der Waals surface area contributed by atoms with Crippen LogP contribution in [0.4, 0.5) is 11.4 Å². The SMILES string of the molecule is Cc1ccc(CCC(=O)Nc2ccc3c(c2)N(Cc2ccccc2Cl)C(=O)C(C)O3)cc1. The predicted molar refractivity (Wildman–Crippen MR) is 127 cm³/mol. The molecule has 164 valence electrons. The van der Waals surface area contributed by atoms with E-state index in [1.807, 2.05) is 49.4 Å². The zero-order valence-corrected chi connectivity index (χ0v) is 18.9. The van der Waals surface area contributed by atoms with Gasteiger partial charge in [0.2, 0.25) is 5.91 Å². The third-order valence-corrected chi connectivity index (χ3v) is 5.87. The maximum atomic E-state index is 12.9. The Labute approximate surface area is 193 Å². The summed E-state index contributed by atoms with van der Waals surface area (Å²) >= 11 is 6.32. The third kappa shape index (κ3) is 4.94. The lowest BCUT2D eigenvalue weighted by molar-refractivity contribution is -0.125. The van der Waals surface area contributed by atoms with E-state index < -0.39 is 6.10 Å². The van der Waals surface area contributed by atoms with Crippen LogP contribution in [0.3, 0.4) is 0 Å². The minimum absolute atomic E-state index is 0.0837. The maximum Gasteiger partial charge on any atom is 0.268 e. The van der Waals surface area contributed by atoms with Gasteiger partial charge in [0.05, 0.1) is 12.2 Å². The molecule has 4 rings (SSSR count). The fourth-order valence-electron chi connectivity index (χ4n) is 3.68. The molecule has 0 radical (unpaired) electrons. The van der Waals surface area contributed by atoms with Gasteiger partial charge in [0, 0.05) is 17.1 Å². The van der Waals surface area contributed by atoms with Gasteiger partial charge in [0.15, 0.2) is 6.10 Å². The summed E-state index contributed by atoms with van der Waals surface area (Å²) in [5, 5.41) is 3.54. The summed E-state index contributed by atoms with van der Waals surface area (Å²) in [6.07, 6.45) is 0.435. The summed E-state index contributed by atoms with van der Waals surface area (Å²) in [5.41, 5.74) is 4.39. The van der Waals surface area contributed by atoms with E-state index in [2.05, 4.69) is 5.32 Å². The van der Waals surface area contributed by atoms with E-state index in [1.54, 1.807) is 36.1 Å². The summed E-state index contributed by atoms with van der Waals surface area (Å²) < 4.78 is 5.78. The molecule has 1 atom stereocenters. The van der Waals surface area contributed by atoms with E-state index in [4.69, 9.17) is 16.3 Å². The summed E-state index contributed by atoms with van der Waals surface area (Å²) in [5.74, 6) is 0.363. The molecular formula is C26H25ClN2O3. The number of ether oxygens (including phenoxy) is 1. The highest BCUT2D eigenvalue weighted by atomic mass is 35.5. The number of nitrogens with one attached hydrogen (secondary N) is 1. The van der Waals surface area contributed by atoms with Gasteiger partial charge < -0.3 is 15.0 Å². The number of nitrogens with zero attached hydrogens (tertiary/aromatic N) is 1. The number of carbonyl (C=O) groups is 2. The van der Waals surface area contributed by atoms with Gasteiger partial charge in [0.1, 0.15) is 5.75 Å². The molecule has 0 fully saturated rings. The molecule has 1 aliphatic heterocycles. The molecule has 1 unspecified atom stereocenters. The molecule has 32 heavy (non-hydrogen) atoms. The Hall–Kier alpha value is -3.31. The standard InChI is InChI=1S/C26H25ClN2O3/c1-17-7-9-19(10-8-17)11-14-25(30)28-21-12-13-24-23(15-21)29(26(31)18(2)32-24)16-20-5-3-4-6-22(20)27/h3-10,12-13,15,18H,11,14,16H2,1-2H3,(H,28,30). The van der Waals surface area contributed by atoms with Gasteiger partial charge >= 0.3 is 0 Å². The van der Waals surface area contributed by atoms with Crippen molar-refractivity contribution in [1.82, 2.24) is 0 Å². The van der Waals surface area contributed by atoms with Crippen molar-refractivity contribution in [2.24, 2.45) is 0 Å². The molecule has 0 aromatic heterocycles. The van der Waals surface area contributed by atoms with Crippen molar-refractivity contribution >= 4 is 34.8 Å². The fraction of sp³-hybridized carbons (Fsp3) is 0.231. The number of amides is 2. The van der Waals surface area contributed by atoms with Crippen molar-refractivity contribution in [3.63, 3.8) is 0 Å². The molecule has 2 amide bonds. The molecule has 0 spiro atoms. The molecule has 1 N–H and O–H groups in total. The number of rotatable bonds is 6. The van der Waals surface area contributed by atoms with E-state index in [0.29, 0.717) is 41.5 Å². The lowest BCUT2D eigenvalue weighted by Gasteiger charge is -2.33. The summed E-state index contributed by atoms with van der Waals surface area (Å²) in [4.78, 5) is 27.1. The third-order valence-electron chi connectivity index (χ3n) is 5.50. The second-order valence-electron chi connectivity index (χ2n) is 7.99. The number of hydrogen-bond donors (Lipinski definition) is 1. The highest BCUT2D eigenvalue weighted by Crippen LogP contribution is 2.37. The number of aryl methyl sites for hydroxylation is 2. The monoisotopic (exact) mass is 448 g/mol. The number of fused-ring (bicyclic) bond motifs is 1. The Morgan fingerprint density at radius 3 is 2.59 bits per heavy atom. The first-order chi connectivity index (χ1) is 15.4. The Balaban J connectivity index is 1.50. The van der Waals surface area contributed by atoms with Crippen LogP contribution in [0.25, 0.3) is 0 Å². The molecule has 0 aliphatic carbocycles. The van der Waals surface area contributed by atoms with Crippen LogP contribution >= 0.6 is 11.6 Å². The smallest absolute Gasteiger partial charge is 0.268 e. The van der Waals surface area contributed by atoms with Crippen LogP contribution in [0.15, 0.2) is 66.7 Å². The van der Waals surface area contributed by atoms with Gasteiger partial charge in [-0.05, 0) is 55.7 Å². The highest BCUT2D eigenvalue weighted by molar-refractivity contribution is 6.31. The van der Waals surface area contributed by atoms with Crippen molar-refractivity contribution in [2.45, 2.75) is 39.3 Å². The van der Waals surface area contributed by atoms with Crippen LogP contribution in [-0.2, 0) is 22.6 Å². The van der Waals surface area contributed by atoms with Crippen LogP contribution in [0.2, 0.25) is 5.02 Å². The molecular weight excluding hydrogens is 424 g/mol. The first-order valence-electron chi connectivity index (χ1n) is 10.6. The molecule has 5 nitrogen and oxygen atoms in total. The van der Waals surface area contributed by atoms with Gasteiger partial charge in [-0.2, -0.15) is 0 Å². The number of carbonyl (C=O) groups excluding carboxylic acids is 2. The Kier molecular flexibility index (Phi) is 6.47. The molecule has 6 heteroatoms. The van der Waals surface area contributed by atoms with Gasteiger partial charge in [0.25, 0.3) is 5.91 Å².